The molecule has 0 bridgehead atoms. The Morgan fingerprint density at radius 3 is 2.23 bits per heavy atom. The predicted octanol–water partition coefficient (Wildman–Crippen LogP) is 4.46. The van der Waals surface area contributed by atoms with Crippen LogP contribution >= 0.6 is 0 Å². The first-order valence-electron chi connectivity index (χ1n) is 10.4. The number of carbonyl (C=O) groups excluding carboxylic acids is 2. The molecular formula is C27H28N2O2. The fourth-order valence-corrected chi connectivity index (χ4v) is 3.38. The van der Waals surface area contributed by atoms with E-state index in [9.17, 15) is 9.59 Å². The minimum absolute atomic E-state index is 0.255. The third kappa shape index (κ3) is 6.76. The Morgan fingerprint density at radius 2 is 1.55 bits per heavy atom. The van der Waals surface area contributed by atoms with Gasteiger partial charge in [-0.15, -0.1) is 0 Å². The molecule has 4 nitrogen and oxygen atoms in total. The Kier molecular flexibility index (Phi) is 7.91. The number of aldehydes is 1. The summed E-state index contributed by atoms with van der Waals surface area (Å²) in [6.07, 6.45) is 5.18. The lowest BCUT2D eigenvalue weighted by atomic mass is 10.0. The maximum Gasteiger partial charge on any atom is 0.252 e. The number of carbonyl (C=O) groups is 2. The highest BCUT2D eigenvalue weighted by Crippen LogP contribution is 2.15. The van der Waals surface area contributed by atoms with Gasteiger partial charge in [0.15, 0.2) is 0 Å². The van der Waals surface area contributed by atoms with Gasteiger partial charge in [0, 0.05) is 12.1 Å². The molecule has 3 rings (SSSR count). The first kappa shape index (κ1) is 22.2. The van der Waals surface area contributed by atoms with Crippen LogP contribution in [0.3, 0.4) is 0 Å². The van der Waals surface area contributed by atoms with Crippen LogP contribution in [-0.4, -0.2) is 37.2 Å². The molecule has 31 heavy (non-hydrogen) atoms. The molecule has 0 radical (unpaired) electrons. The number of benzene rings is 3. The highest BCUT2D eigenvalue weighted by atomic mass is 16.2. The van der Waals surface area contributed by atoms with E-state index in [0.717, 1.165) is 29.5 Å². The highest BCUT2D eigenvalue weighted by Gasteiger charge is 2.15. The Bertz CT molecular complexity index is 1020. The van der Waals surface area contributed by atoms with Crippen molar-refractivity contribution < 1.29 is 9.59 Å². The normalized spacial score (nSPS) is 12.1. The second kappa shape index (κ2) is 11.0. The monoisotopic (exact) mass is 412 g/mol. The van der Waals surface area contributed by atoms with E-state index in [1.807, 2.05) is 74.8 Å². The summed E-state index contributed by atoms with van der Waals surface area (Å²) in [4.78, 5) is 26.5. The third-order valence-electron chi connectivity index (χ3n) is 4.92. The second-order valence-corrected chi connectivity index (χ2v) is 7.81. The Balaban J connectivity index is 1.71. The van der Waals surface area contributed by atoms with Crippen LogP contribution in [0.15, 0.2) is 78.9 Å². The van der Waals surface area contributed by atoms with E-state index < -0.39 is 6.04 Å². The summed E-state index contributed by atoms with van der Waals surface area (Å²) < 4.78 is 0. The molecule has 0 aromatic heterocycles. The molecule has 0 aliphatic carbocycles. The van der Waals surface area contributed by atoms with Gasteiger partial charge in [-0.3, -0.25) is 4.79 Å². The zero-order chi connectivity index (χ0) is 22.1. The zero-order valence-electron chi connectivity index (χ0n) is 18.0. The molecule has 0 heterocycles. The summed E-state index contributed by atoms with van der Waals surface area (Å²) in [5.74, 6) is -0.255. The number of hydrogen-bond acceptors (Lipinski definition) is 3. The molecule has 1 amide bonds. The van der Waals surface area contributed by atoms with E-state index in [4.69, 9.17) is 0 Å². The van der Waals surface area contributed by atoms with Gasteiger partial charge in [0.05, 0.1) is 6.04 Å². The molecule has 0 fully saturated rings. The van der Waals surface area contributed by atoms with Crippen molar-refractivity contribution in [2.75, 3.05) is 14.1 Å². The van der Waals surface area contributed by atoms with Crippen LogP contribution in [-0.2, 0) is 17.8 Å². The van der Waals surface area contributed by atoms with Crippen LogP contribution in [0.2, 0.25) is 0 Å². The molecule has 3 aromatic carbocycles. The van der Waals surface area contributed by atoms with Gasteiger partial charge >= 0.3 is 0 Å². The lowest BCUT2D eigenvalue weighted by Crippen LogP contribution is -2.37. The van der Waals surface area contributed by atoms with Crippen molar-refractivity contribution in [3.8, 4) is 0 Å². The maximum absolute atomic E-state index is 12.9. The van der Waals surface area contributed by atoms with Crippen LogP contribution in [0.25, 0.3) is 12.2 Å². The summed E-state index contributed by atoms with van der Waals surface area (Å²) in [5, 5.41) is 2.85. The zero-order valence-corrected chi connectivity index (χ0v) is 18.0. The number of rotatable bonds is 9. The van der Waals surface area contributed by atoms with E-state index in [1.165, 1.54) is 5.56 Å². The van der Waals surface area contributed by atoms with Gasteiger partial charge in [-0.05, 0) is 48.8 Å². The van der Waals surface area contributed by atoms with E-state index >= 15 is 0 Å². The fourth-order valence-electron chi connectivity index (χ4n) is 3.38. The Hall–Kier alpha value is -3.50. The first-order chi connectivity index (χ1) is 15.0. The number of hydrogen-bond donors (Lipinski definition) is 1. The van der Waals surface area contributed by atoms with Gasteiger partial charge in [0.25, 0.3) is 5.91 Å². The molecule has 0 spiro atoms. The standard InChI is InChI=1S/C27H28N2O2/c1-29(2)19-23-14-12-21(13-15-23)16-17-24-10-6-7-11-26(24)27(31)28-25(20-30)18-22-8-4-3-5-9-22/h3-17,20,25H,18-19H2,1-2H3,(H,28,31)/b17-16+. The lowest BCUT2D eigenvalue weighted by molar-refractivity contribution is -0.109. The van der Waals surface area contributed by atoms with Crippen molar-refractivity contribution in [2.24, 2.45) is 0 Å². The first-order valence-corrected chi connectivity index (χ1v) is 10.4. The van der Waals surface area contributed by atoms with Crippen molar-refractivity contribution in [1.29, 1.82) is 0 Å². The minimum Gasteiger partial charge on any atom is -0.342 e. The van der Waals surface area contributed by atoms with Gasteiger partial charge in [-0.25, -0.2) is 0 Å². The van der Waals surface area contributed by atoms with Crippen molar-refractivity contribution in [2.45, 2.75) is 19.0 Å². The van der Waals surface area contributed by atoms with E-state index in [1.54, 1.807) is 6.07 Å². The van der Waals surface area contributed by atoms with Crippen molar-refractivity contribution in [1.82, 2.24) is 10.2 Å². The van der Waals surface area contributed by atoms with Crippen LogP contribution in [0.4, 0.5) is 0 Å². The van der Waals surface area contributed by atoms with Crippen LogP contribution in [0.5, 0.6) is 0 Å². The number of nitrogens with one attached hydrogen (secondary N) is 1. The van der Waals surface area contributed by atoms with Crippen molar-refractivity contribution in [3.63, 3.8) is 0 Å². The SMILES string of the molecule is CN(C)Cc1ccc(/C=C/c2ccccc2C(=O)NC(C=O)Cc2ccccc2)cc1. The van der Waals surface area contributed by atoms with Gasteiger partial charge in [-0.2, -0.15) is 0 Å². The average molecular weight is 413 g/mol. The molecule has 4 heteroatoms. The molecule has 0 aliphatic heterocycles. The minimum atomic E-state index is -0.573. The van der Waals surface area contributed by atoms with Gasteiger partial charge < -0.3 is 15.0 Å². The largest absolute Gasteiger partial charge is 0.342 e. The topological polar surface area (TPSA) is 49.4 Å². The number of amides is 1. The van der Waals surface area contributed by atoms with Crippen molar-refractivity contribution in [3.05, 3.63) is 107 Å². The summed E-state index contributed by atoms with van der Waals surface area (Å²) in [7, 11) is 4.09. The molecular weight excluding hydrogens is 384 g/mol. The van der Waals surface area contributed by atoms with Crippen molar-refractivity contribution >= 4 is 24.3 Å². The third-order valence-corrected chi connectivity index (χ3v) is 4.92. The van der Waals surface area contributed by atoms with Crippen LogP contribution in [0.1, 0.15) is 32.6 Å². The van der Waals surface area contributed by atoms with E-state index in [2.05, 4.69) is 34.5 Å². The molecule has 3 aromatic rings. The van der Waals surface area contributed by atoms with Gasteiger partial charge in [0.2, 0.25) is 0 Å². The second-order valence-electron chi connectivity index (χ2n) is 7.81. The molecule has 0 saturated heterocycles. The number of nitrogens with zero attached hydrogens (tertiary/aromatic N) is 1. The lowest BCUT2D eigenvalue weighted by Gasteiger charge is -2.14. The average Bonchev–Trinajstić information content (AvgIpc) is 2.78. The Morgan fingerprint density at radius 1 is 0.871 bits per heavy atom. The van der Waals surface area contributed by atoms with Gasteiger partial charge in [-0.1, -0.05) is 84.9 Å². The summed E-state index contributed by atoms with van der Waals surface area (Å²) in [6.45, 7) is 0.897. The summed E-state index contributed by atoms with van der Waals surface area (Å²) in [5.41, 5.74) is 4.67. The molecule has 1 atom stereocenters. The fraction of sp³-hybridized carbons (Fsp3) is 0.185. The van der Waals surface area contributed by atoms with E-state index in [-0.39, 0.29) is 5.91 Å². The summed E-state index contributed by atoms with van der Waals surface area (Å²) in [6, 6.07) is 24.9. The Labute approximate surface area is 184 Å². The molecule has 1 N–H and O–H groups in total. The highest BCUT2D eigenvalue weighted by molar-refractivity contribution is 5.99. The molecule has 0 aliphatic rings. The molecule has 0 saturated carbocycles. The maximum atomic E-state index is 12.9. The van der Waals surface area contributed by atoms with Gasteiger partial charge in [0.1, 0.15) is 6.29 Å². The molecule has 158 valence electrons. The predicted molar refractivity (Wildman–Crippen MR) is 127 cm³/mol. The van der Waals surface area contributed by atoms with Crippen LogP contribution in [0, 0.1) is 0 Å². The molecule has 1 unspecified atom stereocenters. The smallest absolute Gasteiger partial charge is 0.252 e. The summed E-state index contributed by atoms with van der Waals surface area (Å²) >= 11 is 0. The van der Waals surface area contributed by atoms with Crippen LogP contribution < -0.4 is 5.32 Å². The van der Waals surface area contributed by atoms with E-state index in [0.29, 0.717) is 12.0 Å². The quantitative estimate of drug-likeness (QED) is 0.417.